The molecule has 0 aromatic heterocycles. The lowest BCUT2D eigenvalue weighted by atomic mass is 10.1. The zero-order valence-electron chi connectivity index (χ0n) is 6.40. The molecule has 0 bridgehead atoms. The molecule has 0 fully saturated rings. The SMILES string of the molecule is OCC(F)(F)c1cc(Cl)cc(Br)c1. The molecule has 13 heavy (non-hydrogen) atoms. The van der Waals surface area contributed by atoms with E-state index in [9.17, 15) is 8.78 Å². The van der Waals surface area contributed by atoms with Crippen LogP contribution in [0.2, 0.25) is 5.02 Å². The van der Waals surface area contributed by atoms with Gasteiger partial charge in [-0.2, -0.15) is 8.78 Å². The first-order valence-corrected chi connectivity index (χ1v) is 4.58. The van der Waals surface area contributed by atoms with Crippen molar-refractivity contribution in [2.24, 2.45) is 0 Å². The molecule has 72 valence electrons. The first kappa shape index (κ1) is 10.9. The lowest BCUT2D eigenvalue weighted by Crippen LogP contribution is -2.18. The van der Waals surface area contributed by atoms with Crippen molar-refractivity contribution in [1.29, 1.82) is 0 Å². The molecule has 0 saturated carbocycles. The molecule has 1 aromatic carbocycles. The maximum Gasteiger partial charge on any atom is 0.295 e. The molecule has 0 aliphatic heterocycles. The number of halogens is 4. The molecule has 1 nitrogen and oxygen atoms in total. The van der Waals surface area contributed by atoms with Crippen molar-refractivity contribution >= 4 is 27.5 Å². The third-order valence-corrected chi connectivity index (χ3v) is 2.16. The number of aliphatic hydroxyl groups is 1. The Bertz CT molecular complexity index is 297. The summed E-state index contributed by atoms with van der Waals surface area (Å²) in [5.74, 6) is -3.24. The topological polar surface area (TPSA) is 20.2 Å². The van der Waals surface area contributed by atoms with Crippen LogP contribution in [0.15, 0.2) is 22.7 Å². The number of benzene rings is 1. The van der Waals surface area contributed by atoms with E-state index in [0.717, 1.165) is 6.07 Å². The van der Waals surface area contributed by atoms with Crippen LogP contribution in [0, 0.1) is 0 Å². The molecule has 0 unspecified atom stereocenters. The van der Waals surface area contributed by atoms with Gasteiger partial charge in [-0.15, -0.1) is 0 Å². The average Bonchev–Trinajstić information content (AvgIpc) is 2.02. The molecule has 0 heterocycles. The van der Waals surface area contributed by atoms with E-state index in [1.54, 1.807) is 0 Å². The highest BCUT2D eigenvalue weighted by Crippen LogP contribution is 2.31. The molecule has 0 amide bonds. The predicted molar refractivity (Wildman–Crippen MR) is 50.1 cm³/mol. The lowest BCUT2D eigenvalue weighted by Gasteiger charge is -2.13. The summed E-state index contributed by atoms with van der Waals surface area (Å²) in [5.41, 5.74) is -0.297. The molecule has 1 N–H and O–H groups in total. The highest BCUT2D eigenvalue weighted by Gasteiger charge is 2.30. The van der Waals surface area contributed by atoms with Crippen LogP contribution in [0.5, 0.6) is 0 Å². The van der Waals surface area contributed by atoms with Crippen LogP contribution in [0.4, 0.5) is 8.78 Å². The van der Waals surface area contributed by atoms with Crippen LogP contribution in [-0.2, 0) is 5.92 Å². The van der Waals surface area contributed by atoms with Crippen molar-refractivity contribution in [2.45, 2.75) is 5.92 Å². The molecular weight excluding hydrogens is 265 g/mol. The maximum absolute atomic E-state index is 12.9. The van der Waals surface area contributed by atoms with E-state index in [1.807, 2.05) is 0 Å². The second kappa shape index (κ2) is 3.90. The van der Waals surface area contributed by atoms with Crippen molar-refractivity contribution in [3.05, 3.63) is 33.3 Å². The Balaban J connectivity index is 3.15. The van der Waals surface area contributed by atoms with Crippen LogP contribution in [-0.4, -0.2) is 11.7 Å². The van der Waals surface area contributed by atoms with Gasteiger partial charge in [-0.05, 0) is 18.2 Å². The summed E-state index contributed by atoms with van der Waals surface area (Å²) in [6, 6.07) is 3.85. The minimum absolute atomic E-state index is 0.206. The normalized spacial score (nSPS) is 11.8. The number of hydrogen-bond acceptors (Lipinski definition) is 1. The van der Waals surface area contributed by atoms with E-state index in [2.05, 4.69) is 15.9 Å². The number of rotatable bonds is 2. The van der Waals surface area contributed by atoms with Crippen molar-refractivity contribution < 1.29 is 13.9 Å². The van der Waals surface area contributed by atoms with Gasteiger partial charge in [-0.1, -0.05) is 27.5 Å². The second-order valence-corrected chi connectivity index (χ2v) is 3.87. The second-order valence-electron chi connectivity index (χ2n) is 2.52. The first-order chi connectivity index (χ1) is 5.95. The van der Waals surface area contributed by atoms with Gasteiger partial charge in [-0.3, -0.25) is 0 Å². The molecule has 0 radical (unpaired) electrons. The highest BCUT2D eigenvalue weighted by molar-refractivity contribution is 9.10. The van der Waals surface area contributed by atoms with Gasteiger partial charge in [-0.25, -0.2) is 0 Å². The summed E-state index contributed by atoms with van der Waals surface area (Å²) in [5, 5.41) is 8.63. The van der Waals surface area contributed by atoms with Gasteiger partial charge in [0.25, 0.3) is 5.92 Å². The van der Waals surface area contributed by atoms with Gasteiger partial charge in [0.1, 0.15) is 6.61 Å². The Hall–Kier alpha value is -0.190. The Labute approximate surface area is 87.5 Å². The zero-order chi connectivity index (χ0) is 10.1. The Morgan fingerprint density at radius 2 is 2.00 bits per heavy atom. The van der Waals surface area contributed by atoms with Gasteiger partial charge in [0, 0.05) is 15.1 Å². The Kier molecular flexibility index (Phi) is 3.27. The molecule has 1 rings (SSSR count). The third-order valence-electron chi connectivity index (χ3n) is 1.48. The molecule has 0 spiro atoms. The van der Waals surface area contributed by atoms with Crippen molar-refractivity contribution in [1.82, 2.24) is 0 Å². The van der Waals surface area contributed by atoms with Crippen molar-refractivity contribution in [3.63, 3.8) is 0 Å². The lowest BCUT2D eigenvalue weighted by molar-refractivity contribution is -0.0556. The van der Waals surface area contributed by atoms with Crippen molar-refractivity contribution in [2.75, 3.05) is 6.61 Å². The molecular formula is C8H6BrClF2O. The van der Waals surface area contributed by atoms with E-state index in [0.29, 0.717) is 4.47 Å². The Morgan fingerprint density at radius 1 is 1.38 bits per heavy atom. The molecule has 0 saturated heterocycles. The fourth-order valence-corrected chi connectivity index (χ4v) is 1.72. The average molecular weight is 271 g/mol. The summed E-state index contributed by atoms with van der Waals surface area (Å²) in [6.07, 6.45) is 0. The van der Waals surface area contributed by atoms with E-state index in [4.69, 9.17) is 16.7 Å². The fourth-order valence-electron chi connectivity index (χ4n) is 0.856. The van der Waals surface area contributed by atoms with Crippen LogP contribution in [0.3, 0.4) is 0 Å². The summed E-state index contributed by atoms with van der Waals surface area (Å²) < 4.78 is 26.3. The van der Waals surface area contributed by atoms with Gasteiger partial charge < -0.3 is 5.11 Å². The summed E-state index contributed by atoms with van der Waals surface area (Å²) in [4.78, 5) is 0. The van der Waals surface area contributed by atoms with Crippen LogP contribution in [0.25, 0.3) is 0 Å². The van der Waals surface area contributed by atoms with Crippen molar-refractivity contribution in [3.8, 4) is 0 Å². The summed E-state index contributed by atoms with van der Waals surface area (Å²) in [7, 11) is 0. The van der Waals surface area contributed by atoms with E-state index in [-0.39, 0.29) is 10.6 Å². The van der Waals surface area contributed by atoms with E-state index >= 15 is 0 Å². The zero-order valence-corrected chi connectivity index (χ0v) is 8.74. The smallest absolute Gasteiger partial charge is 0.295 e. The van der Waals surface area contributed by atoms with Crippen LogP contribution in [0.1, 0.15) is 5.56 Å². The molecule has 0 aliphatic rings. The standard InChI is InChI=1S/C8H6BrClF2O/c9-6-1-5(2-7(10)3-6)8(11,12)4-13/h1-3,13H,4H2. The number of aliphatic hydroxyl groups excluding tert-OH is 1. The Morgan fingerprint density at radius 3 is 2.46 bits per heavy atom. The van der Waals surface area contributed by atoms with Gasteiger partial charge in [0.15, 0.2) is 0 Å². The fraction of sp³-hybridized carbons (Fsp3) is 0.250. The van der Waals surface area contributed by atoms with Crippen LogP contribution < -0.4 is 0 Å². The summed E-state index contributed by atoms with van der Waals surface area (Å²) >= 11 is 8.60. The quantitative estimate of drug-likeness (QED) is 0.876. The van der Waals surface area contributed by atoms with E-state index in [1.165, 1.54) is 12.1 Å². The summed E-state index contributed by atoms with van der Waals surface area (Å²) in [6.45, 7) is -1.22. The maximum atomic E-state index is 12.9. The minimum Gasteiger partial charge on any atom is -0.390 e. The number of hydrogen-bond donors (Lipinski definition) is 1. The molecule has 1 aromatic rings. The van der Waals surface area contributed by atoms with E-state index < -0.39 is 12.5 Å². The van der Waals surface area contributed by atoms with Crippen LogP contribution >= 0.6 is 27.5 Å². The highest BCUT2D eigenvalue weighted by atomic mass is 79.9. The van der Waals surface area contributed by atoms with Gasteiger partial charge in [0.05, 0.1) is 0 Å². The molecule has 0 aliphatic carbocycles. The largest absolute Gasteiger partial charge is 0.390 e. The first-order valence-electron chi connectivity index (χ1n) is 3.41. The molecule has 5 heteroatoms. The van der Waals surface area contributed by atoms with Gasteiger partial charge >= 0.3 is 0 Å². The molecule has 0 atom stereocenters. The monoisotopic (exact) mass is 270 g/mol. The predicted octanol–water partition coefficient (Wildman–Crippen LogP) is 3.19. The van der Waals surface area contributed by atoms with Gasteiger partial charge in [0.2, 0.25) is 0 Å². The minimum atomic E-state index is -3.24. The number of alkyl halides is 2. The third kappa shape index (κ3) is 2.62.